The molecule has 0 bridgehead atoms. The predicted molar refractivity (Wildman–Crippen MR) is 78.2 cm³/mol. The van der Waals surface area contributed by atoms with Crippen molar-refractivity contribution in [1.82, 2.24) is 15.3 Å². The minimum Gasteiger partial charge on any atom is -0.384 e. The van der Waals surface area contributed by atoms with Crippen LogP contribution in [0.15, 0.2) is 6.07 Å². The third kappa shape index (κ3) is 5.40. The molecule has 1 amide bonds. The van der Waals surface area contributed by atoms with Gasteiger partial charge in [0.05, 0.1) is 0 Å². The van der Waals surface area contributed by atoms with Crippen molar-refractivity contribution < 1.29 is 9.53 Å². The van der Waals surface area contributed by atoms with Crippen molar-refractivity contribution in [2.24, 2.45) is 0 Å². The third-order valence-corrected chi connectivity index (χ3v) is 2.53. The summed E-state index contributed by atoms with van der Waals surface area (Å²) in [6.07, 6.45) is 0.900. The Morgan fingerprint density at radius 3 is 2.85 bits per heavy atom. The van der Waals surface area contributed by atoms with Gasteiger partial charge in [-0.25, -0.2) is 9.97 Å². The van der Waals surface area contributed by atoms with Crippen molar-refractivity contribution in [3.8, 4) is 0 Å². The second kappa shape index (κ2) is 8.31. The van der Waals surface area contributed by atoms with Crippen molar-refractivity contribution in [2.75, 3.05) is 24.2 Å². The van der Waals surface area contributed by atoms with E-state index in [0.717, 1.165) is 6.42 Å². The number of aromatic nitrogens is 2. The summed E-state index contributed by atoms with van der Waals surface area (Å²) < 4.78 is 5.25. The lowest BCUT2D eigenvalue weighted by Gasteiger charge is -2.15. The van der Waals surface area contributed by atoms with Gasteiger partial charge in [-0.2, -0.15) is 0 Å². The van der Waals surface area contributed by atoms with Crippen molar-refractivity contribution in [1.29, 1.82) is 0 Å². The van der Waals surface area contributed by atoms with E-state index in [2.05, 4.69) is 20.6 Å². The molecular formula is C13H23N5O2. The SMILES string of the molecule is CCCNC(=O)C(C)Nc1cc(N)nc(COCC)n1. The molecule has 0 fully saturated rings. The number of hydrogen-bond donors (Lipinski definition) is 3. The molecule has 1 heterocycles. The highest BCUT2D eigenvalue weighted by molar-refractivity contribution is 5.83. The zero-order chi connectivity index (χ0) is 15.0. The molecule has 0 saturated heterocycles. The maximum absolute atomic E-state index is 11.8. The van der Waals surface area contributed by atoms with E-state index in [1.807, 2.05) is 13.8 Å². The predicted octanol–water partition coefficient (Wildman–Crippen LogP) is 0.922. The number of nitrogens with one attached hydrogen (secondary N) is 2. The number of nitrogen functional groups attached to an aromatic ring is 1. The third-order valence-electron chi connectivity index (χ3n) is 2.53. The first kappa shape index (κ1) is 16.2. The van der Waals surface area contributed by atoms with E-state index < -0.39 is 6.04 Å². The average molecular weight is 281 g/mol. The minimum atomic E-state index is -0.393. The lowest BCUT2D eigenvalue weighted by atomic mass is 10.3. The molecule has 7 nitrogen and oxygen atoms in total. The summed E-state index contributed by atoms with van der Waals surface area (Å²) in [6.45, 7) is 7.20. The van der Waals surface area contributed by atoms with E-state index in [4.69, 9.17) is 10.5 Å². The number of amides is 1. The molecule has 1 aromatic heterocycles. The van der Waals surface area contributed by atoms with Crippen LogP contribution >= 0.6 is 0 Å². The number of anilines is 2. The van der Waals surface area contributed by atoms with Gasteiger partial charge in [-0.3, -0.25) is 4.79 Å². The number of nitrogens with zero attached hydrogens (tertiary/aromatic N) is 2. The van der Waals surface area contributed by atoms with Crippen LogP contribution in [0, 0.1) is 0 Å². The zero-order valence-electron chi connectivity index (χ0n) is 12.3. The topological polar surface area (TPSA) is 102 Å². The normalized spacial score (nSPS) is 11.9. The lowest BCUT2D eigenvalue weighted by Crippen LogP contribution is -2.38. The highest BCUT2D eigenvalue weighted by Crippen LogP contribution is 2.10. The summed E-state index contributed by atoms with van der Waals surface area (Å²) in [5.41, 5.74) is 5.72. The second-order valence-electron chi connectivity index (χ2n) is 4.39. The van der Waals surface area contributed by atoms with Gasteiger partial charge in [0.15, 0.2) is 5.82 Å². The fourth-order valence-corrected chi connectivity index (χ4v) is 1.54. The van der Waals surface area contributed by atoms with Crippen LogP contribution in [0.2, 0.25) is 0 Å². The Hall–Kier alpha value is -1.89. The van der Waals surface area contributed by atoms with E-state index in [1.165, 1.54) is 0 Å². The van der Waals surface area contributed by atoms with Crippen molar-refractivity contribution in [3.63, 3.8) is 0 Å². The molecule has 7 heteroatoms. The van der Waals surface area contributed by atoms with E-state index in [-0.39, 0.29) is 5.91 Å². The molecule has 4 N–H and O–H groups in total. The monoisotopic (exact) mass is 281 g/mol. The quantitative estimate of drug-likeness (QED) is 0.655. The van der Waals surface area contributed by atoms with Gasteiger partial charge in [-0.1, -0.05) is 6.92 Å². The Labute approximate surface area is 119 Å². The van der Waals surface area contributed by atoms with Gasteiger partial charge in [0.1, 0.15) is 24.3 Å². The number of rotatable bonds is 8. The fourth-order valence-electron chi connectivity index (χ4n) is 1.54. The summed E-state index contributed by atoms with van der Waals surface area (Å²) in [7, 11) is 0. The largest absolute Gasteiger partial charge is 0.384 e. The number of carbonyl (C=O) groups excluding carboxylic acids is 1. The molecule has 0 saturated carbocycles. The van der Waals surface area contributed by atoms with E-state index in [0.29, 0.717) is 37.2 Å². The van der Waals surface area contributed by atoms with Gasteiger partial charge >= 0.3 is 0 Å². The van der Waals surface area contributed by atoms with Crippen LogP contribution in [0.4, 0.5) is 11.6 Å². The molecule has 0 aliphatic rings. The summed E-state index contributed by atoms with van der Waals surface area (Å²) in [4.78, 5) is 20.1. The summed E-state index contributed by atoms with van der Waals surface area (Å²) in [6, 6.07) is 1.20. The standard InChI is InChI=1S/C13H23N5O2/c1-4-6-15-13(19)9(3)16-11-7-10(14)17-12(18-11)8-20-5-2/h7,9H,4-6,8H2,1-3H3,(H,15,19)(H3,14,16,17,18). The van der Waals surface area contributed by atoms with Crippen molar-refractivity contribution in [2.45, 2.75) is 39.8 Å². The highest BCUT2D eigenvalue weighted by atomic mass is 16.5. The van der Waals surface area contributed by atoms with Crippen LogP contribution in [-0.2, 0) is 16.1 Å². The fraction of sp³-hybridized carbons (Fsp3) is 0.615. The van der Waals surface area contributed by atoms with E-state index >= 15 is 0 Å². The van der Waals surface area contributed by atoms with Gasteiger partial charge in [0.25, 0.3) is 0 Å². The Morgan fingerprint density at radius 2 is 2.20 bits per heavy atom. The van der Waals surface area contributed by atoms with Crippen LogP contribution in [0.25, 0.3) is 0 Å². The minimum absolute atomic E-state index is 0.0737. The number of nitrogens with two attached hydrogens (primary N) is 1. The summed E-state index contributed by atoms with van der Waals surface area (Å²) in [5, 5.41) is 5.82. The molecule has 0 aliphatic heterocycles. The molecule has 0 radical (unpaired) electrons. The molecule has 0 aromatic carbocycles. The first-order chi connectivity index (χ1) is 9.56. The van der Waals surface area contributed by atoms with Crippen LogP contribution in [0.1, 0.15) is 33.0 Å². The number of carbonyl (C=O) groups is 1. The Morgan fingerprint density at radius 1 is 1.45 bits per heavy atom. The Balaban J connectivity index is 2.66. The lowest BCUT2D eigenvalue weighted by molar-refractivity contribution is -0.121. The van der Waals surface area contributed by atoms with Crippen LogP contribution in [-0.4, -0.2) is 35.1 Å². The maximum atomic E-state index is 11.8. The molecule has 20 heavy (non-hydrogen) atoms. The zero-order valence-corrected chi connectivity index (χ0v) is 12.3. The second-order valence-corrected chi connectivity index (χ2v) is 4.39. The Kier molecular flexibility index (Phi) is 6.72. The number of ether oxygens (including phenoxy) is 1. The highest BCUT2D eigenvalue weighted by Gasteiger charge is 2.13. The van der Waals surface area contributed by atoms with Gasteiger partial charge in [0.2, 0.25) is 5.91 Å². The molecule has 112 valence electrons. The van der Waals surface area contributed by atoms with E-state index in [1.54, 1.807) is 13.0 Å². The first-order valence-electron chi connectivity index (χ1n) is 6.82. The van der Waals surface area contributed by atoms with Gasteiger partial charge in [-0.15, -0.1) is 0 Å². The van der Waals surface area contributed by atoms with Crippen molar-refractivity contribution >= 4 is 17.5 Å². The van der Waals surface area contributed by atoms with Gasteiger partial charge in [-0.05, 0) is 20.3 Å². The summed E-state index contributed by atoms with van der Waals surface area (Å²) >= 11 is 0. The molecule has 0 spiro atoms. The van der Waals surface area contributed by atoms with Crippen LogP contribution in [0.5, 0.6) is 0 Å². The molecule has 1 unspecified atom stereocenters. The summed E-state index contributed by atoms with van der Waals surface area (Å²) in [5.74, 6) is 1.29. The maximum Gasteiger partial charge on any atom is 0.242 e. The van der Waals surface area contributed by atoms with Gasteiger partial charge in [0, 0.05) is 19.2 Å². The molecule has 1 aromatic rings. The molecule has 1 atom stereocenters. The number of hydrogen-bond acceptors (Lipinski definition) is 6. The van der Waals surface area contributed by atoms with Crippen LogP contribution in [0.3, 0.4) is 0 Å². The van der Waals surface area contributed by atoms with Gasteiger partial charge < -0.3 is 21.1 Å². The van der Waals surface area contributed by atoms with Crippen LogP contribution < -0.4 is 16.4 Å². The smallest absolute Gasteiger partial charge is 0.242 e. The van der Waals surface area contributed by atoms with E-state index in [9.17, 15) is 4.79 Å². The molecule has 1 rings (SSSR count). The molecule has 0 aliphatic carbocycles. The van der Waals surface area contributed by atoms with Crippen molar-refractivity contribution in [3.05, 3.63) is 11.9 Å². The Bertz CT molecular complexity index is 439. The first-order valence-corrected chi connectivity index (χ1v) is 6.82. The molecular weight excluding hydrogens is 258 g/mol. The average Bonchev–Trinajstić information content (AvgIpc) is 2.41.